The smallest absolute Gasteiger partial charge is 0.226 e. The predicted octanol–water partition coefficient (Wildman–Crippen LogP) is 2.83. The van der Waals surface area contributed by atoms with Crippen LogP contribution in [0.25, 0.3) is 0 Å². The van der Waals surface area contributed by atoms with E-state index in [1.807, 2.05) is 60.7 Å². The third-order valence-electron chi connectivity index (χ3n) is 4.21. The molecule has 1 heterocycles. The molecular formula is C19H21NO2S. The van der Waals surface area contributed by atoms with Crippen molar-refractivity contribution in [3.63, 3.8) is 0 Å². The molecule has 1 N–H and O–H groups in total. The van der Waals surface area contributed by atoms with Crippen LogP contribution >= 0.6 is 9.21 Å². The number of amides is 1. The zero-order valence-corrected chi connectivity index (χ0v) is 13.8. The fourth-order valence-corrected chi connectivity index (χ4v) is 5.43. The molecule has 0 saturated carbocycles. The Kier molecular flexibility index (Phi) is 4.28. The molecule has 0 unspecified atom stereocenters. The standard InChI is InChI=1S/C19H21NO2S/c1-23(2,16-11-7-4-8-12-16)19-17(21)13-18(22)20(19)14-15-9-5-3-6-10-15/h3-12,17,19,21H,1-2,13-14H2/t17-,19+/m0/s1. The molecule has 1 amide bonds. The first kappa shape index (κ1) is 15.8. The van der Waals surface area contributed by atoms with E-state index in [1.54, 1.807) is 4.90 Å². The van der Waals surface area contributed by atoms with Crippen molar-refractivity contribution in [2.45, 2.75) is 29.3 Å². The largest absolute Gasteiger partial charge is 0.390 e. The number of hydrogen-bond acceptors (Lipinski definition) is 2. The number of aliphatic hydroxyl groups is 1. The van der Waals surface area contributed by atoms with E-state index in [4.69, 9.17) is 0 Å². The molecule has 0 radical (unpaired) electrons. The lowest BCUT2D eigenvalue weighted by molar-refractivity contribution is -0.128. The summed E-state index contributed by atoms with van der Waals surface area (Å²) in [5, 5.41) is 10.1. The highest BCUT2D eigenvalue weighted by atomic mass is 32.2. The first-order chi connectivity index (χ1) is 11.0. The molecule has 2 aromatic carbocycles. The molecule has 1 aliphatic heterocycles. The topological polar surface area (TPSA) is 40.5 Å². The summed E-state index contributed by atoms with van der Waals surface area (Å²) in [5.41, 5.74) is 1.04. The van der Waals surface area contributed by atoms with Crippen LogP contribution in [0.15, 0.2) is 65.6 Å². The van der Waals surface area contributed by atoms with Gasteiger partial charge in [-0.15, -0.1) is 0 Å². The maximum Gasteiger partial charge on any atom is 0.226 e. The Morgan fingerprint density at radius 3 is 2.22 bits per heavy atom. The molecule has 0 spiro atoms. The molecule has 120 valence electrons. The number of benzene rings is 2. The number of hydrogen-bond donors (Lipinski definition) is 1. The number of rotatable bonds is 4. The lowest BCUT2D eigenvalue weighted by atomic mass is 10.2. The van der Waals surface area contributed by atoms with Crippen LogP contribution in [0.2, 0.25) is 0 Å². The highest BCUT2D eigenvalue weighted by Gasteiger charge is 2.41. The van der Waals surface area contributed by atoms with Gasteiger partial charge in [0.2, 0.25) is 5.91 Å². The Bertz CT molecular complexity index is 785. The molecule has 2 aromatic rings. The van der Waals surface area contributed by atoms with Crippen LogP contribution in [-0.4, -0.2) is 39.1 Å². The van der Waals surface area contributed by atoms with Gasteiger partial charge in [-0.1, -0.05) is 60.3 Å². The molecule has 0 aliphatic carbocycles. The van der Waals surface area contributed by atoms with Crippen molar-refractivity contribution in [1.29, 1.82) is 0 Å². The molecule has 4 heteroatoms. The molecule has 23 heavy (non-hydrogen) atoms. The number of likely N-dealkylation sites (tertiary alicyclic amines) is 1. The first-order valence-electron chi connectivity index (χ1n) is 7.55. The van der Waals surface area contributed by atoms with Gasteiger partial charge in [-0.2, -0.15) is 9.21 Å². The van der Waals surface area contributed by atoms with Crippen LogP contribution in [0.1, 0.15) is 12.0 Å². The van der Waals surface area contributed by atoms with E-state index < -0.39 is 15.3 Å². The molecule has 1 fully saturated rings. The van der Waals surface area contributed by atoms with Gasteiger partial charge in [0.25, 0.3) is 0 Å². The lowest BCUT2D eigenvalue weighted by Crippen LogP contribution is -2.36. The summed E-state index contributed by atoms with van der Waals surface area (Å²) in [4.78, 5) is 15.2. The Balaban J connectivity index is 1.96. The van der Waals surface area contributed by atoms with Crippen molar-refractivity contribution in [3.05, 3.63) is 66.2 Å². The summed E-state index contributed by atoms with van der Waals surface area (Å²) in [6.07, 6.45) is -0.583. The number of nitrogens with zero attached hydrogens (tertiary/aromatic N) is 1. The summed E-state index contributed by atoms with van der Waals surface area (Å²) < 4.78 is 0. The van der Waals surface area contributed by atoms with E-state index in [1.165, 1.54) is 0 Å². The maximum absolute atomic E-state index is 12.4. The fraction of sp³-hybridized carbons (Fsp3) is 0.211. The Hall–Kier alpha value is -2.04. The lowest BCUT2D eigenvalue weighted by Gasteiger charge is -2.33. The minimum atomic E-state index is -1.83. The molecule has 2 atom stereocenters. The van der Waals surface area contributed by atoms with Gasteiger partial charge in [0.1, 0.15) is 0 Å². The second-order valence-corrected chi connectivity index (χ2v) is 8.77. The van der Waals surface area contributed by atoms with Gasteiger partial charge < -0.3 is 10.0 Å². The van der Waals surface area contributed by atoms with Crippen LogP contribution in [0.5, 0.6) is 0 Å². The van der Waals surface area contributed by atoms with Crippen molar-refractivity contribution >= 4 is 26.9 Å². The van der Waals surface area contributed by atoms with E-state index in [0.29, 0.717) is 6.54 Å². The van der Waals surface area contributed by atoms with Gasteiger partial charge in [0, 0.05) is 6.54 Å². The molecule has 0 bridgehead atoms. The Labute approximate surface area is 137 Å². The van der Waals surface area contributed by atoms with Crippen LogP contribution in [0.4, 0.5) is 0 Å². The Morgan fingerprint density at radius 2 is 1.61 bits per heavy atom. The molecular weight excluding hydrogens is 306 g/mol. The van der Waals surface area contributed by atoms with Crippen molar-refractivity contribution in [1.82, 2.24) is 4.90 Å². The van der Waals surface area contributed by atoms with E-state index in [2.05, 4.69) is 11.7 Å². The number of aliphatic hydroxyl groups excluding tert-OH is 1. The molecule has 0 aromatic heterocycles. The van der Waals surface area contributed by atoms with Crippen molar-refractivity contribution < 1.29 is 9.90 Å². The van der Waals surface area contributed by atoms with Crippen LogP contribution < -0.4 is 0 Å². The normalized spacial score (nSPS) is 21.6. The van der Waals surface area contributed by atoms with E-state index >= 15 is 0 Å². The summed E-state index contributed by atoms with van der Waals surface area (Å²) in [6, 6.07) is 19.6. The predicted molar refractivity (Wildman–Crippen MR) is 97.9 cm³/mol. The zero-order chi connectivity index (χ0) is 16.4. The maximum atomic E-state index is 12.4. The van der Waals surface area contributed by atoms with E-state index in [-0.39, 0.29) is 17.7 Å². The second kappa shape index (κ2) is 6.22. The summed E-state index contributed by atoms with van der Waals surface area (Å²) in [5.74, 6) is 8.60. The third kappa shape index (κ3) is 3.05. The molecule has 3 rings (SSSR count). The van der Waals surface area contributed by atoms with E-state index in [0.717, 1.165) is 10.5 Å². The van der Waals surface area contributed by atoms with Gasteiger partial charge in [-0.25, -0.2) is 0 Å². The minimum Gasteiger partial charge on any atom is -0.390 e. The van der Waals surface area contributed by atoms with Crippen molar-refractivity contribution in [2.24, 2.45) is 0 Å². The van der Waals surface area contributed by atoms with Gasteiger partial charge in [-0.05, 0) is 22.6 Å². The number of carbonyl (C=O) groups excluding carboxylic acids is 1. The SMILES string of the molecule is C=S(=C)(c1ccccc1)[C@@H]1[C@@H](O)CC(=O)N1Cc1ccccc1. The fourth-order valence-electron chi connectivity index (χ4n) is 3.08. The quantitative estimate of drug-likeness (QED) is 0.877. The molecule has 1 aliphatic rings. The molecule has 1 saturated heterocycles. The monoisotopic (exact) mass is 327 g/mol. The van der Waals surface area contributed by atoms with Gasteiger partial charge in [0.05, 0.1) is 17.9 Å². The number of carbonyl (C=O) groups is 1. The summed E-state index contributed by atoms with van der Waals surface area (Å²) >= 11 is 0. The van der Waals surface area contributed by atoms with Crippen molar-refractivity contribution in [2.75, 3.05) is 0 Å². The van der Waals surface area contributed by atoms with Gasteiger partial charge in [-0.3, -0.25) is 4.79 Å². The van der Waals surface area contributed by atoms with Crippen molar-refractivity contribution in [3.8, 4) is 0 Å². The van der Waals surface area contributed by atoms with Gasteiger partial charge in [0.15, 0.2) is 0 Å². The van der Waals surface area contributed by atoms with Crippen LogP contribution in [-0.2, 0) is 11.3 Å². The average Bonchev–Trinajstić information content (AvgIpc) is 2.83. The highest BCUT2D eigenvalue weighted by molar-refractivity contribution is 8.28. The van der Waals surface area contributed by atoms with Gasteiger partial charge >= 0.3 is 0 Å². The Morgan fingerprint density at radius 1 is 1.04 bits per heavy atom. The summed E-state index contributed by atoms with van der Waals surface area (Å²) in [6.45, 7) is 0.480. The zero-order valence-electron chi connectivity index (χ0n) is 13.0. The first-order valence-corrected chi connectivity index (χ1v) is 9.58. The second-order valence-electron chi connectivity index (χ2n) is 5.93. The van der Waals surface area contributed by atoms with Crippen LogP contribution in [0, 0.1) is 0 Å². The highest BCUT2D eigenvalue weighted by Crippen LogP contribution is 2.44. The molecule has 3 nitrogen and oxygen atoms in total. The van der Waals surface area contributed by atoms with E-state index in [9.17, 15) is 9.90 Å². The minimum absolute atomic E-state index is 0.0357. The summed E-state index contributed by atoms with van der Waals surface area (Å²) in [7, 11) is -1.83. The average molecular weight is 327 g/mol. The third-order valence-corrected chi connectivity index (χ3v) is 6.92. The van der Waals surface area contributed by atoms with Crippen LogP contribution in [0.3, 0.4) is 0 Å².